The Balaban J connectivity index is 1.63. The summed E-state index contributed by atoms with van der Waals surface area (Å²) in [6.07, 6.45) is 4.98. The Labute approximate surface area is 154 Å². The summed E-state index contributed by atoms with van der Waals surface area (Å²) in [5.74, 6) is 0.973. The van der Waals surface area contributed by atoms with Crippen LogP contribution in [0, 0.1) is 0 Å². The number of benzene rings is 1. The zero-order valence-electron chi connectivity index (χ0n) is 15.3. The second-order valence-electron chi connectivity index (χ2n) is 6.81. The molecule has 1 fully saturated rings. The van der Waals surface area contributed by atoms with E-state index in [0.717, 1.165) is 56.8 Å². The first kappa shape index (κ1) is 16.8. The number of aryl methyl sites for hydroxylation is 1. The Hall–Kier alpha value is -2.69. The van der Waals surface area contributed by atoms with E-state index in [1.807, 2.05) is 12.1 Å². The molecule has 4 rings (SSSR count). The number of nitrogens with zero attached hydrogens (tertiary/aromatic N) is 5. The molecule has 0 amide bonds. The maximum Gasteiger partial charge on any atom is 0.151 e. The van der Waals surface area contributed by atoms with E-state index < -0.39 is 0 Å². The Morgan fingerprint density at radius 2 is 1.81 bits per heavy atom. The molecule has 0 atom stereocenters. The average Bonchev–Trinajstić information content (AvgIpc) is 2.94. The van der Waals surface area contributed by atoms with Gasteiger partial charge in [-0.25, -0.2) is 0 Å². The van der Waals surface area contributed by atoms with E-state index in [9.17, 15) is 0 Å². The van der Waals surface area contributed by atoms with E-state index in [4.69, 9.17) is 4.98 Å². The lowest BCUT2D eigenvalue weighted by atomic mass is 10.1. The first-order valence-electron chi connectivity index (χ1n) is 9.51. The molecular weight excluding hydrogens is 322 g/mol. The molecule has 0 saturated carbocycles. The molecule has 5 heteroatoms. The highest BCUT2D eigenvalue weighted by Crippen LogP contribution is 2.28. The van der Waals surface area contributed by atoms with Crippen LogP contribution in [0.2, 0.25) is 0 Å². The van der Waals surface area contributed by atoms with Crippen LogP contribution in [0.3, 0.4) is 0 Å². The first-order valence-corrected chi connectivity index (χ1v) is 9.51. The standard InChI is InChI=1S/C21H25N5/c1-2-7-17-16-20(18-8-3-4-9-19(18)23-17)25-12-6-13-26(15-14-25)21-10-5-11-22-24-21/h3-5,8-11,16H,2,6-7,12-15H2,1H3. The third-order valence-corrected chi connectivity index (χ3v) is 4.97. The van der Waals surface area contributed by atoms with Crippen molar-refractivity contribution < 1.29 is 0 Å². The van der Waals surface area contributed by atoms with Crippen LogP contribution in [-0.4, -0.2) is 41.4 Å². The summed E-state index contributed by atoms with van der Waals surface area (Å²) in [5.41, 5.74) is 3.61. The van der Waals surface area contributed by atoms with Crippen LogP contribution < -0.4 is 9.80 Å². The van der Waals surface area contributed by atoms with Crippen LogP contribution in [0.15, 0.2) is 48.7 Å². The van der Waals surface area contributed by atoms with Gasteiger partial charge in [-0.1, -0.05) is 31.5 Å². The van der Waals surface area contributed by atoms with Crippen LogP contribution in [-0.2, 0) is 6.42 Å². The van der Waals surface area contributed by atoms with Gasteiger partial charge in [-0.2, -0.15) is 5.10 Å². The van der Waals surface area contributed by atoms with Gasteiger partial charge in [0.25, 0.3) is 0 Å². The number of hydrogen-bond donors (Lipinski definition) is 0. The van der Waals surface area contributed by atoms with Crippen molar-refractivity contribution in [2.45, 2.75) is 26.2 Å². The Kier molecular flexibility index (Phi) is 4.95. The number of anilines is 2. The van der Waals surface area contributed by atoms with Gasteiger partial charge in [-0.3, -0.25) is 4.98 Å². The molecule has 3 heterocycles. The predicted octanol–water partition coefficient (Wildman–Crippen LogP) is 3.69. The topological polar surface area (TPSA) is 45.2 Å². The minimum absolute atomic E-state index is 0.957. The van der Waals surface area contributed by atoms with Crippen LogP contribution in [0.4, 0.5) is 11.5 Å². The van der Waals surface area contributed by atoms with Gasteiger partial charge >= 0.3 is 0 Å². The Morgan fingerprint density at radius 1 is 0.962 bits per heavy atom. The van der Waals surface area contributed by atoms with Crippen molar-refractivity contribution in [3.63, 3.8) is 0 Å². The molecule has 1 aliphatic heterocycles. The molecule has 1 saturated heterocycles. The van der Waals surface area contributed by atoms with E-state index in [2.05, 4.69) is 57.3 Å². The summed E-state index contributed by atoms with van der Waals surface area (Å²) < 4.78 is 0. The molecule has 0 unspecified atom stereocenters. The van der Waals surface area contributed by atoms with E-state index >= 15 is 0 Å². The maximum atomic E-state index is 4.85. The fourth-order valence-corrected chi connectivity index (χ4v) is 3.71. The SMILES string of the molecule is CCCc1cc(N2CCCN(c3cccnn3)CC2)c2ccccc2n1. The van der Waals surface area contributed by atoms with Crippen molar-refractivity contribution in [2.75, 3.05) is 36.0 Å². The molecule has 0 spiro atoms. The molecule has 0 radical (unpaired) electrons. The molecular formula is C21H25N5. The highest BCUT2D eigenvalue weighted by Gasteiger charge is 2.18. The third-order valence-electron chi connectivity index (χ3n) is 4.97. The summed E-state index contributed by atoms with van der Waals surface area (Å²) >= 11 is 0. The van der Waals surface area contributed by atoms with Gasteiger partial charge < -0.3 is 9.80 Å². The molecule has 134 valence electrons. The number of hydrogen-bond acceptors (Lipinski definition) is 5. The molecule has 0 N–H and O–H groups in total. The Morgan fingerprint density at radius 3 is 2.65 bits per heavy atom. The normalized spacial score (nSPS) is 15.3. The zero-order valence-corrected chi connectivity index (χ0v) is 15.3. The van der Waals surface area contributed by atoms with Crippen molar-refractivity contribution in [3.8, 4) is 0 Å². The summed E-state index contributed by atoms with van der Waals surface area (Å²) in [5, 5.41) is 9.56. The highest BCUT2D eigenvalue weighted by molar-refractivity contribution is 5.92. The lowest BCUT2D eigenvalue weighted by Gasteiger charge is -2.25. The molecule has 1 aliphatic rings. The zero-order chi connectivity index (χ0) is 17.8. The molecule has 5 nitrogen and oxygen atoms in total. The van der Waals surface area contributed by atoms with E-state index in [1.165, 1.54) is 16.8 Å². The monoisotopic (exact) mass is 347 g/mol. The highest BCUT2D eigenvalue weighted by atomic mass is 15.3. The van der Waals surface area contributed by atoms with Gasteiger partial charge in [0.15, 0.2) is 5.82 Å². The Bertz CT molecular complexity index is 865. The van der Waals surface area contributed by atoms with Gasteiger partial charge in [0.1, 0.15) is 0 Å². The summed E-state index contributed by atoms with van der Waals surface area (Å²) in [6, 6.07) is 14.8. The molecule has 1 aromatic carbocycles. The van der Waals surface area contributed by atoms with Crippen LogP contribution >= 0.6 is 0 Å². The second-order valence-corrected chi connectivity index (χ2v) is 6.81. The van der Waals surface area contributed by atoms with Gasteiger partial charge in [-0.05, 0) is 37.1 Å². The number of para-hydroxylation sites is 1. The molecule has 0 bridgehead atoms. The number of pyridine rings is 1. The van der Waals surface area contributed by atoms with Gasteiger partial charge in [-0.15, -0.1) is 5.10 Å². The number of fused-ring (bicyclic) bond motifs is 1. The van der Waals surface area contributed by atoms with E-state index in [-0.39, 0.29) is 0 Å². The smallest absolute Gasteiger partial charge is 0.151 e. The second kappa shape index (κ2) is 7.68. The quantitative estimate of drug-likeness (QED) is 0.720. The third kappa shape index (κ3) is 3.47. The molecule has 3 aromatic rings. The van der Waals surface area contributed by atoms with Gasteiger partial charge in [0, 0.05) is 49.1 Å². The van der Waals surface area contributed by atoms with Gasteiger partial charge in [0.05, 0.1) is 5.52 Å². The van der Waals surface area contributed by atoms with Gasteiger partial charge in [0.2, 0.25) is 0 Å². The molecule has 0 aliphatic carbocycles. The predicted molar refractivity (Wildman–Crippen MR) is 107 cm³/mol. The maximum absolute atomic E-state index is 4.85. The number of rotatable bonds is 4. The lowest BCUT2D eigenvalue weighted by molar-refractivity contribution is 0.786. The van der Waals surface area contributed by atoms with Crippen LogP contribution in [0.5, 0.6) is 0 Å². The lowest BCUT2D eigenvalue weighted by Crippen LogP contribution is -2.31. The largest absolute Gasteiger partial charge is 0.369 e. The van der Waals surface area contributed by atoms with Crippen LogP contribution in [0.25, 0.3) is 10.9 Å². The molecule has 2 aromatic heterocycles. The van der Waals surface area contributed by atoms with Crippen molar-refractivity contribution in [1.82, 2.24) is 15.2 Å². The van der Waals surface area contributed by atoms with Crippen LogP contribution in [0.1, 0.15) is 25.5 Å². The van der Waals surface area contributed by atoms with Crippen molar-refractivity contribution >= 4 is 22.4 Å². The fourth-order valence-electron chi connectivity index (χ4n) is 3.71. The summed E-state index contributed by atoms with van der Waals surface area (Å²) in [4.78, 5) is 9.70. The summed E-state index contributed by atoms with van der Waals surface area (Å²) in [6.45, 7) is 6.21. The van der Waals surface area contributed by atoms with Crippen molar-refractivity contribution in [2.24, 2.45) is 0 Å². The minimum Gasteiger partial charge on any atom is -0.369 e. The van der Waals surface area contributed by atoms with Crippen molar-refractivity contribution in [3.05, 3.63) is 54.4 Å². The number of aromatic nitrogens is 3. The molecule has 26 heavy (non-hydrogen) atoms. The summed E-state index contributed by atoms with van der Waals surface area (Å²) in [7, 11) is 0. The van der Waals surface area contributed by atoms with Crippen molar-refractivity contribution in [1.29, 1.82) is 0 Å². The fraction of sp³-hybridized carbons (Fsp3) is 0.381. The first-order chi connectivity index (χ1) is 12.8. The van der Waals surface area contributed by atoms with E-state index in [1.54, 1.807) is 6.20 Å². The van der Waals surface area contributed by atoms with E-state index in [0.29, 0.717) is 0 Å². The minimum atomic E-state index is 0.957. The average molecular weight is 347 g/mol.